The molecule has 3 aromatic rings. The Kier molecular flexibility index (Phi) is 8.16. The van der Waals surface area contributed by atoms with Gasteiger partial charge in [-0.25, -0.2) is 13.1 Å². The minimum Gasteiger partial charge on any atom is -0.508 e. The predicted octanol–water partition coefficient (Wildman–Crippen LogP) is 2.72. The van der Waals surface area contributed by atoms with Crippen LogP contribution in [0.3, 0.4) is 0 Å². The Balaban J connectivity index is 0.00000442. The Labute approximate surface area is 258 Å². The van der Waals surface area contributed by atoms with Gasteiger partial charge in [0, 0.05) is 12.8 Å². The molecule has 2 aliphatic carbocycles. The van der Waals surface area contributed by atoms with Gasteiger partial charge in [0.25, 0.3) is 10.0 Å². The molecule has 3 aromatic carbocycles. The van der Waals surface area contributed by atoms with E-state index in [1.807, 2.05) is 4.72 Å². The molecule has 0 heterocycles. The number of carbonyl (C=O) groups is 3. The van der Waals surface area contributed by atoms with Gasteiger partial charge in [-0.1, -0.05) is 12.1 Å². The number of carbonyl (C=O) groups excluding carboxylic acids is 3. The van der Waals surface area contributed by atoms with Crippen LogP contribution in [0, 0.1) is 19.8 Å². The number of hydrogen-bond acceptors (Lipinski definition) is 11. The number of Topliss-reactive ketones (excluding diaryl/α,β-unsaturated/α-hetero) is 2. The summed E-state index contributed by atoms with van der Waals surface area (Å²) >= 11 is 0. The summed E-state index contributed by atoms with van der Waals surface area (Å²) in [7, 11) is -4.10. The molecule has 0 fully saturated rings. The zero-order chi connectivity index (χ0) is 31.8. The molecular formula is C30H30ClN3O9S. The van der Waals surface area contributed by atoms with Gasteiger partial charge in [0.2, 0.25) is 11.7 Å². The van der Waals surface area contributed by atoms with Crippen molar-refractivity contribution in [3.63, 3.8) is 0 Å². The molecule has 0 bridgehead atoms. The van der Waals surface area contributed by atoms with Crippen LogP contribution in [-0.4, -0.2) is 63.7 Å². The van der Waals surface area contributed by atoms with Crippen LogP contribution < -0.4 is 10.5 Å². The lowest BCUT2D eigenvalue weighted by Crippen LogP contribution is -2.63. The second kappa shape index (κ2) is 11.0. The lowest BCUT2D eigenvalue weighted by molar-refractivity contribution is -0.122. The molecule has 0 aromatic heterocycles. The van der Waals surface area contributed by atoms with Gasteiger partial charge in [0.1, 0.15) is 17.3 Å². The fraction of sp³-hybridized carbons (Fsp3) is 0.267. The fourth-order valence-electron chi connectivity index (χ4n) is 5.97. The van der Waals surface area contributed by atoms with Crippen LogP contribution >= 0.6 is 12.4 Å². The summed E-state index contributed by atoms with van der Waals surface area (Å²) in [6.07, 6.45) is -0.133. The molecule has 7 N–H and O–H groups in total. The first-order valence-corrected chi connectivity index (χ1v) is 14.7. The van der Waals surface area contributed by atoms with Crippen LogP contribution in [0.4, 0.5) is 5.69 Å². The molecule has 232 valence electrons. The summed E-state index contributed by atoms with van der Waals surface area (Å²) in [5.74, 6) is -5.68. The highest BCUT2D eigenvalue weighted by atomic mass is 35.5. The van der Waals surface area contributed by atoms with Gasteiger partial charge in [-0.2, -0.15) is 0 Å². The Morgan fingerprint density at radius 3 is 2.23 bits per heavy atom. The Morgan fingerprint density at radius 1 is 1.02 bits per heavy atom. The molecule has 0 spiro atoms. The highest BCUT2D eigenvalue weighted by Gasteiger charge is 2.60. The van der Waals surface area contributed by atoms with E-state index in [0.717, 1.165) is 6.92 Å². The molecule has 2 aliphatic rings. The molecule has 44 heavy (non-hydrogen) atoms. The Morgan fingerprint density at radius 2 is 1.64 bits per heavy atom. The summed E-state index contributed by atoms with van der Waals surface area (Å²) in [6, 6.07) is 6.85. The van der Waals surface area contributed by atoms with Crippen molar-refractivity contribution in [2.45, 2.75) is 50.7 Å². The highest BCUT2D eigenvalue weighted by Crippen LogP contribution is 2.50. The first-order chi connectivity index (χ1) is 20.0. The second-order valence-electron chi connectivity index (χ2n) is 10.9. The van der Waals surface area contributed by atoms with Crippen LogP contribution in [0.25, 0.3) is 10.8 Å². The van der Waals surface area contributed by atoms with E-state index in [1.165, 1.54) is 31.2 Å². The molecule has 0 radical (unpaired) electrons. The molecule has 0 saturated heterocycles. The summed E-state index contributed by atoms with van der Waals surface area (Å²) in [5, 5.41) is 45.6. The van der Waals surface area contributed by atoms with Crippen LogP contribution in [0.5, 0.6) is 11.5 Å². The number of nitrogens with two attached hydrogens (primary N) is 1. The first kappa shape index (κ1) is 32.6. The summed E-state index contributed by atoms with van der Waals surface area (Å²) in [5.41, 5.74) is 4.20. The number of aryl methyl sites for hydroxylation is 2. The number of ketones is 2. The average Bonchev–Trinajstić information content (AvgIpc) is 2.93. The van der Waals surface area contributed by atoms with Crippen LogP contribution in [0.2, 0.25) is 0 Å². The number of nitrogens with zero attached hydrogens (tertiary/aromatic N) is 1. The third-order valence-electron chi connectivity index (χ3n) is 8.21. The maximum Gasteiger partial charge on any atom is 0.264 e. The van der Waals surface area contributed by atoms with Crippen molar-refractivity contribution in [2.75, 3.05) is 0 Å². The normalized spacial score (nSPS) is 21.9. The average molecular weight is 644 g/mol. The van der Waals surface area contributed by atoms with Crippen LogP contribution in [0.1, 0.15) is 40.9 Å². The van der Waals surface area contributed by atoms with Crippen molar-refractivity contribution in [3.8, 4) is 11.5 Å². The van der Waals surface area contributed by atoms with Gasteiger partial charge in [0.15, 0.2) is 11.4 Å². The molecule has 0 aliphatic heterocycles. The van der Waals surface area contributed by atoms with Crippen molar-refractivity contribution >= 4 is 62.1 Å². The van der Waals surface area contributed by atoms with Crippen LogP contribution in [-0.2, 0) is 26.0 Å². The quantitative estimate of drug-likeness (QED) is 0.228. The Hall–Kier alpha value is -4.30. The van der Waals surface area contributed by atoms with E-state index in [9.17, 15) is 43.2 Å². The van der Waals surface area contributed by atoms with E-state index >= 15 is 0 Å². The van der Waals surface area contributed by atoms with Gasteiger partial charge >= 0.3 is 0 Å². The van der Waals surface area contributed by atoms with Crippen LogP contribution in [0.15, 0.2) is 57.6 Å². The molecule has 12 nitrogen and oxygen atoms in total. The maximum absolute atomic E-state index is 14.0. The number of hydrogen-bond donors (Lipinski definition) is 6. The number of aromatic hydroxyl groups is 2. The van der Waals surface area contributed by atoms with Gasteiger partial charge < -0.3 is 26.2 Å². The number of aliphatic hydroxyl groups is 2. The number of rotatable bonds is 4. The topological polar surface area (TPSA) is 217 Å². The van der Waals surface area contributed by atoms with Gasteiger partial charge in [-0.05, 0) is 73.5 Å². The van der Waals surface area contributed by atoms with Gasteiger partial charge in [0.05, 0.1) is 38.9 Å². The number of phenolic OH excluding ortho intramolecular Hbond substituents is 2. The minimum absolute atomic E-state index is 0. The number of sulfonamides is 1. The van der Waals surface area contributed by atoms with Gasteiger partial charge in [-0.15, -0.1) is 12.4 Å². The van der Waals surface area contributed by atoms with Crippen molar-refractivity contribution in [1.29, 1.82) is 0 Å². The SMILES string of the molecule is CC(=O)NS(=O)(=O)c1ccc(N=C(C)C2=C(O)[C@@]3(O)C(=O)c4c(c(C)c5ccc(C)c(O)c5c4O)C[C@H]3[C@@H](N)C2=O)cc1.Cl. The summed E-state index contributed by atoms with van der Waals surface area (Å²) in [6.45, 7) is 5.71. The number of benzene rings is 3. The smallest absolute Gasteiger partial charge is 0.264 e. The van der Waals surface area contributed by atoms with E-state index in [4.69, 9.17) is 5.73 Å². The first-order valence-electron chi connectivity index (χ1n) is 13.2. The number of amides is 1. The number of phenols is 2. The third kappa shape index (κ3) is 4.72. The van der Waals surface area contributed by atoms with E-state index in [2.05, 4.69) is 4.99 Å². The predicted molar refractivity (Wildman–Crippen MR) is 163 cm³/mol. The number of halogens is 1. The number of fused-ring (bicyclic) bond motifs is 3. The summed E-state index contributed by atoms with van der Waals surface area (Å²) in [4.78, 5) is 42.7. The minimum atomic E-state index is -4.10. The molecule has 3 atom stereocenters. The lowest BCUT2D eigenvalue weighted by Gasteiger charge is -2.45. The maximum atomic E-state index is 14.0. The molecule has 0 unspecified atom stereocenters. The van der Waals surface area contributed by atoms with Crippen molar-refractivity contribution in [1.82, 2.24) is 4.72 Å². The number of aliphatic imine (C=N–C) groups is 1. The molecule has 14 heteroatoms. The van der Waals surface area contributed by atoms with Crippen molar-refractivity contribution in [3.05, 3.63) is 70.0 Å². The van der Waals surface area contributed by atoms with Crippen molar-refractivity contribution < 1.29 is 43.2 Å². The molecule has 5 rings (SSSR count). The van der Waals surface area contributed by atoms with E-state index in [1.54, 1.807) is 26.0 Å². The van der Waals surface area contributed by atoms with E-state index in [0.29, 0.717) is 22.1 Å². The number of aliphatic hydroxyl groups excluding tert-OH is 1. The van der Waals surface area contributed by atoms with E-state index < -0.39 is 62.1 Å². The molecule has 1 amide bonds. The third-order valence-corrected chi connectivity index (χ3v) is 9.66. The molecule has 0 saturated carbocycles. The molecular weight excluding hydrogens is 614 g/mol. The lowest BCUT2D eigenvalue weighted by atomic mass is 9.61. The summed E-state index contributed by atoms with van der Waals surface area (Å²) < 4.78 is 26.3. The Bertz CT molecular complexity index is 1950. The highest BCUT2D eigenvalue weighted by molar-refractivity contribution is 7.90. The standard InChI is InChI=1S/C30H29N3O9S.ClH/c1-12-5-10-18-13(2)19-11-20-24(31)27(37)21(28(38)30(20,40)29(39)23(19)26(36)22(18)25(12)35)14(3)32-16-6-8-17(9-7-16)43(41,42)33-15(4)34;/h5-10,20,24,35-36,38,40H,11,31H2,1-4H3,(H,33,34);1H/t20-,24+,30+;/m0./s1. The number of nitrogens with one attached hydrogen (secondary N) is 1. The zero-order valence-corrected chi connectivity index (χ0v) is 25.6. The largest absolute Gasteiger partial charge is 0.508 e. The monoisotopic (exact) mass is 643 g/mol. The van der Waals surface area contributed by atoms with Crippen molar-refractivity contribution in [2.24, 2.45) is 16.6 Å². The second-order valence-corrected chi connectivity index (χ2v) is 12.5. The fourth-order valence-corrected chi connectivity index (χ4v) is 6.96. The van der Waals surface area contributed by atoms with E-state index in [-0.39, 0.29) is 51.8 Å². The zero-order valence-electron chi connectivity index (χ0n) is 24.0. The van der Waals surface area contributed by atoms with Gasteiger partial charge in [-0.3, -0.25) is 19.4 Å².